The van der Waals surface area contributed by atoms with Gasteiger partial charge in [-0.3, -0.25) is 9.10 Å². The highest BCUT2D eigenvalue weighted by Crippen LogP contribution is 2.36. The van der Waals surface area contributed by atoms with Crippen LogP contribution in [0.4, 0.5) is 18.9 Å². The van der Waals surface area contributed by atoms with E-state index in [1.165, 1.54) is 0 Å². The molecule has 31 heavy (non-hydrogen) atoms. The van der Waals surface area contributed by atoms with Crippen LogP contribution in [-0.4, -0.2) is 27.1 Å². The molecule has 0 aliphatic rings. The third-order valence-corrected chi connectivity index (χ3v) is 5.92. The Morgan fingerprint density at radius 2 is 1.74 bits per heavy atom. The van der Waals surface area contributed by atoms with Gasteiger partial charge in [-0.1, -0.05) is 55.8 Å². The maximum atomic E-state index is 13.1. The average Bonchev–Trinajstić information content (AvgIpc) is 2.65. The predicted octanol–water partition coefficient (Wildman–Crippen LogP) is 5.03. The van der Waals surface area contributed by atoms with Crippen LogP contribution >= 0.6 is 11.6 Å². The molecule has 0 spiro atoms. The minimum absolute atomic E-state index is 0.215. The van der Waals surface area contributed by atoms with Gasteiger partial charge < -0.3 is 5.32 Å². The van der Waals surface area contributed by atoms with Crippen LogP contribution in [0.3, 0.4) is 0 Å². The number of hydrogen-bond acceptors (Lipinski definition) is 3. The number of benzene rings is 2. The largest absolute Gasteiger partial charge is 0.416 e. The highest BCUT2D eigenvalue weighted by Gasteiger charge is 2.33. The van der Waals surface area contributed by atoms with Crippen LogP contribution < -0.4 is 9.62 Å². The van der Waals surface area contributed by atoms with Crippen molar-refractivity contribution in [2.45, 2.75) is 32.5 Å². The van der Waals surface area contributed by atoms with E-state index in [2.05, 4.69) is 5.32 Å². The van der Waals surface area contributed by atoms with Gasteiger partial charge in [0.05, 0.1) is 28.6 Å². The summed E-state index contributed by atoms with van der Waals surface area (Å²) in [5.41, 5.74) is -0.634. The van der Waals surface area contributed by atoms with E-state index in [9.17, 15) is 26.4 Å². The molecule has 0 aliphatic heterocycles. The Bertz CT molecular complexity index is 1010. The van der Waals surface area contributed by atoms with Crippen molar-refractivity contribution in [3.8, 4) is 0 Å². The zero-order chi connectivity index (χ0) is 23.4. The second kappa shape index (κ2) is 9.91. The molecule has 2 aromatic carbocycles. The maximum absolute atomic E-state index is 13.1. The van der Waals surface area contributed by atoms with Crippen LogP contribution in [0, 0.1) is 5.92 Å². The van der Waals surface area contributed by atoms with Gasteiger partial charge in [0.15, 0.2) is 0 Å². The maximum Gasteiger partial charge on any atom is 0.416 e. The first-order valence-corrected chi connectivity index (χ1v) is 11.7. The summed E-state index contributed by atoms with van der Waals surface area (Å²) in [5.74, 6) is -0.428. The fraction of sp³-hybridized carbons (Fsp3) is 0.381. The molecular weight excluding hydrogens is 453 g/mol. The summed E-state index contributed by atoms with van der Waals surface area (Å²) >= 11 is 6.00. The van der Waals surface area contributed by atoms with E-state index in [4.69, 9.17) is 11.6 Å². The number of amides is 1. The molecule has 1 atom stereocenters. The van der Waals surface area contributed by atoms with Crippen LogP contribution in [0.25, 0.3) is 0 Å². The van der Waals surface area contributed by atoms with E-state index in [-0.39, 0.29) is 17.0 Å². The zero-order valence-corrected chi connectivity index (χ0v) is 18.9. The van der Waals surface area contributed by atoms with Crippen LogP contribution in [0.1, 0.15) is 37.4 Å². The number of nitrogens with zero attached hydrogens (tertiary/aromatic N) is 1. The minimum atomic E-state index is -4.69. The number of hydrogen-bond donors (Lipinski definition) is 1. The van der Waals surface area contributed by atoms with E-state index < -0.39 is 39.9 Å². The molecule has 10 heteroatoms. The van der Waals surface area contributed by atoms with Crippen molar-refractivity contribution < 1.29 is 26.4 Å². The second-order valence-corrected chi connectivity index (χ2v) is 9.91. The lowest BCUT2D eigenvalue weighted by atomic mass is 9.97. The van der Waals surface area contributed by atoms with Crippen LogP contribution in [0.5, 0.6) is 0 Å². The number of carbonyl (C=O) groups excluding carboxylic acids is 1. The lowest BCUT2D eigenvalue weighted by Gasteiger charge is -2.26. The van der Waals surface area contributed by atoms with Crippen LogP contribution in [-0.2, 0) is 21.0 Å². The molecule has 1 N–H and O–H groups in total. The van der Waals surface area contributed by atoms with Crippen molar-refractivity contribution in [3.05, 3.63) is 64.7 Å². The average molecular weight is 477 g/mol. The van der Waals surface area contributed by atoms with Crippen molar-refractivity contribution in [1.29, 1.82) is 0 Å². The quantitative estimate of drug-likeness (QED) is 0.581. The standard InChI is InChI=1S/C21H24ClF3N2O3S/c1-14(2)11-18(15-7-5-4-6-8-15)26-20(28)13-27(31(3,29)30)19-12-16(21(23,24)25)9-10-17(19)22/h4-10,12,14,18H,11,13H2,1-3H3,(H,26,28)/t18-/m1/s1. The number of alkyl halides is 3. The van der Waals surface area contributed by atoms with Gasteiger partial charge in [-0.25, -0.2) is 8.42 Å². The summed E-state index contributed by atoms with van der Waals surface area (Å²) in [6, 6.07) is 11.1. The Morgan fingerprint density at radius 3 is 2.26 bits per heavy atom. The molecular formula is C21H24ClF3N2O3S. The highest BCUT2D eigenvalue weighted by atomic mass is 35.5. The summed E-state index contributed by atoms with van der Waals surface area (Å²) in [7, 11) is -4.10. The van der Waals surface area contributed by atoms with Gasteiger partial charge in [0, 0.05) is 0 Å². The number of anilines is 1. The van der Waals surface area contributed by atoms with Crippen LogP contribution in [0.15, 0.2) is 48.5 Å². The zero-order valence-electron chi connectivity index (χ0n) is 17.3. The number of halogens is 4. The fourth-order valence-electron chi connectivity index (χ4n) is 3.07. The number of rotatable bonds is 8. The van der Waals surface area contributed by atoms with Gasteiger partial charge in [0.1, 0.15) is 6.54 Å². The molecule has 0 saturated heterocycles. The molecule has 0 unspecified atom stereocenters. The first-order valence-electron chi connectivity index (χ1n) is 9.47. The van der Waals surface area contributed by atoms with E-state index in [1.54, 1.807) is 0 Å². The molecule has 2 rings (SSSR count). The van der Waals surface area contributed by atoms with Crippen molar-refractivity contribution >= 4 is 33.2 Å². The second-order valence-electron chi connectivity index (χ2n) is 7.59. The Morgan fingerprint density at radius 1 is 1.13 bits per heavy atom. The number of nitrogens with one attached hydrogen (secondary N) is 1. The Balaban J connectivity index is 2.34. The van der Waals surface area contributed by atoms with Crippen molar-refractivity contribution in [2.24, 2.45) is 5.92 Å². The summed E-state index contributed by atoms with van der Waals surface area (Å²) < 4.78 is 64.6. The highest BCUT2D eigenvalue weighted by molar-refractivity contribution is 7.92. The van der Waals surface area contributed by atoms with Gasteiger partial charge in [0.2, 0.25) is 15.9 Å². The van der Waals surface area contributed by atoms with Crippen molar-refractivity contribution in [2.75, 3.05) is 17.1 Å². The van der Waals surface area contributed by atoms with Gasteiger partial charge in [-0.2, -0.15) is 13.2 Å². The molecule has 0 fully saturated rings. The van der Waals surface area contributed by atoms with Gasteiger partial charge in [-0.15, -0.1) is 0 Å². The molecule has 0 heterocycles. The monoisotopic (exact) mass is 476 g/mol. The molecule has 0 radical (unpaired) electrons. The topological polar surface area (TPSA) is 66.5 Å². The minimum Gasteiger partial charge on any atom is -0.348 e. The predicted molar refractivity (Wildman–Crippen MR) is 115 cm³/mol. The Kier molecular flexibility index (Phi) is 7.99. The number of sulfonamides is 1. The van der Waals surface area contributed by atoms with Gasteiger partial charge >= 0.3 is 6.18 Å². The summed E-state index contributed by atoms with van der Waals surface area (Å²) in [5, 5.41) is 2.58. The van der Waals surface area contributed by atoms with E-state index in [0.29, 0.717) is 16.8 Å². The molecule has 2 aromatic rings. The first-order chi connectivity index (χ1) is 14.3. The number of carbonyl (C=O) groups is 1. The molecule has 0 saturated carbocycles. The smallest absolute Gasteiger partial charge is 0.348 e. The Hall–Kier alpha value is -2.26. The van der Waals surface area contributed by atoms with Gasteiger partial charge in [-0.05, 0) is 36.1 Å². The molecule has 1 amide bonds. The first kappa shape index (κ1) is 25.0. The fourth-order valence-corrected chi connectivity index (χ4v) is 4.20. The Labute approximate surface area is 185 Å². The molecule has 0 bridgehead atoms. The van der Waals surface area contributed by atoms with Crippen LogP contribution in [0.2, 0.25) is 5.02 Å². The lowest BCUT2D eigenvalue weighted by Crippen LogP contribution is -2.42. The third-order valence-electron chi connectivity index (χ3n) is 4.47. The lowest BCUT2D eigenvalue weighted by molar-refractivity contribution is -0.137. The van der Waals surface area contributed by atoms with Crippen molar-refractivity contribution in [1.82, 2.24) is 5.32 Å². The van der Waals surface area contributed by atoms with E-state index in [1.807, 2.05) is 44.2 Å². The third kappa shape index (κ3) is 7.14. The normalized spacial score (nSPS) is 13.2. The SMILES string of the molecule is CC(C)C[C@@H](NC(=O)CN(c1cc(C(F)(F)F)ccc1Cl)S(C)(=O)=O)c1ccccc1. The summed E-state index contributed by atoms with van der Waals surface area (Å²) in [6.07, 6.45) is -3.29. The van der Waals surface area contributed by atoms with E-state index >= 15 is 0 Å². The van der Waals surface area contributed by atoms with Gasteiger partial charge in [0.25, 0.3) is 0 Å². The summed E-state index contributed by atoms with van der Waals surface area (Å²) in [4.78, 5) is 12.7. The molecule has 0 aromatic heterocycles. The molecule has 5 nitrogen and oxygen atoms in total. The van der Waals surface area contributed by atoms with E-state index in [0.717, 1.165) is 24.0 Å². The summed E-state index contributed by atoms with van der Waals surface area (Å²) in [6.45, 7) is 3.25. The molecule has 0 aliphatic carbocycles. The molecule has 170 valence electrons. The van der Waals surface area contributed by atoms with Crippen molar-refractivity contribution in [3.63, 3.8) is 0 Å².